The highest BCUT2D eigenvalue weighted by Crippen LogP contribution is 2.22. The molecule has 1 heterocycles. The summed E-state index contributed by atoms with van der Waals surface area (Å²) in [7, 11) is 0. The van der Waals surface area contributed by atoms with Gasteiger partial charge in [0, 0.05) is 17.0 Å². The predicted molar refractivity (Wildman–Crippen MR) is 69.3 cm³/mol. The molecule has 0 saturated heterocycles. The normalized spacial score (nSPS) is 9.50. The number of rotatable bonds is 0. The molecule has 3 rings (SSSR count). The van der Waals surface area contributed by atoms with E-state index in [9.17, 15) is 0 Å². The first kappa shape index (κ1) is 12.1. The lowest BCUT2D eigenvalue weighted by molar-refractivity contribution is 1.44. The Morgan fingerprint density at radius 2 is 1.31 bits per heavy atom. The lowest BCUT2D eigenvalue weighted by Crippen LogP contribution is -1.80. The largest absolute Gasteiger partial charge is 0.344 e. The molecule has 0 aliphatic heterocycles. The van der Waals surface area contributed by atoms with Crippen molar-refractivity contribution in [3.05, 3.63) is 54.7 Å². The van der Waals surface area contributed by atoms with Gasteiger partial charge in [-0.2, -0.15) is 0 Å². The van der Waals surface area contributed by atoms with Gasteiger partial charge in [-0.3, -0.25) is 4.98 Å². The molecule has 0 radical (unpaired) electrons. The van der Waals surface area contributed by atoms with Crippen LogP contribution in [0.25, 0.3) is 21.7 Å². The van der Waals surface area contributed by atoms with Crippen LogP contribution >= 0.6 is 0 Å². The van der Waals surface area contributed by atoms with Gasteiger partial charge in [0.25, 0.3) is 0 Å². The van der Waals surface area contributed by atoms with Crippen LogP contribution in [0.5, 0.6) is 0 Å². The molecule has 0 saturated carbocycles. The zero-order valence-electron chi connectivity index (χ0n) is 9.06. The predicted octanol–water partition coefficient (Wildman–Crippen LogP) is 3.71. The highest BCUT2D eigenvalue weighted by atomic mass is 14.6. The van der Waals surface area contributed by atoms with Crippen LogP contribution in [-0.4, -0.2) is 4.98 Å². The lowest BCUT2D eigenvalue weighted by atomic mass is 10.1. The Morgan fingerprint density at radius 1 is 0.688 bits per heavy atom. The standard InChI is InChI=1S/C13H9N.2H3N/c1-2-6-11-10(5-1)9-14-13-8-4-3-7-12(11)13;;/h1-9H;2*1H3. The van der Waals surface area contributed by atoms with E-state index in [1.807, 2.05) is 24.4 Å². The van der Waals surface area contributed by atoms with Gasteiger partial charge < -0.3 is 12.3 Å². The van der Waals surface area contributed by atoms with Gasteiger partial charge in [-0.05, 0) is 11.5 Å². The molecule has 0 bridgehead atoms. The quantitative estimate of drug-likeness (QED) is 0.558. The fraction of sp³-hybridized carbons (Fsp3) is 0. The Balaban J connectivity index is 0.000000640. The third kappa shape index (κ3) is 1.74. The van der Waals surface area contributed by atoms with E-state index in [2.05, 4.69) is 35.3 Å². The van der Waals surface area contributed by atoms with Gasteiger partial charge in [0.15, 0.2) is 0 Å². The minimum atomic E-state index is 0. The molecule has 0 unspecified atom stereocenters. The third-order valence-electron chi connectivity index (χ3n) is 2.50. The first-order valence-electron chi connectivity index (χ1n) is 4.68. The summed E-state index contributed by atoms with van der Waals surface area (Å²) >= 11 is 0. The highest BCUT2D eigenvalue weighted by molar-refractivity contribution is 6.05. The molecule has 0 aliphatic carbocycles. The van der Waals surface area contributed by atoms with Crippen LogP contribution in [-0.2, 0) is 0 Å². The zero-order chi connectivity index (χ0) is 9.38. The maximum absolute atomic E-state index is 4.41. The molecule has 3 aromatic rings. The fourth-order valence-corrected chi connectivity index (χ4v) is 1.81. The minimum absolute atomic E-state index is 0. The topological polar surface area (TPSA) is 82.9 Å². The van der Waals surface area contributed by atoms with E-state index in [1.165, 1.54) is 16.2 Å². The van der Waals surface area contributed by atoms with E-state index < -0.39 is 0 Å². The molecule has 0 fully saturated rings. The summed E-state index contributed by atoms with van der Waals surface area (Å²) in [6.45, 7) is 0. The lowest BCUT2D eigenvalue weighted by Gasteiger charge is -2.01. The van der Waals surface area contributed by atoms with Crippen LogP contribution in [0.2, 0.25) is 0 Å². The minimum Gasteiger partial charge on any atom is -0.344 e. The van der Waals surface area contributed by atoms with Crippen LogP contribution in [0.15, 0.2) is 54.7 Å². The van der Waals surface area contributed by atoms with Crippen molar-refractivity contribution >= 4 is 21.7 Å². The molecular formula is C13H15N3. The summed E-state index contributed by atoms with van der Waals surface area (Å²) in [6, 6.07) is 16.6. The Kier molecular flexibility index (Phi) is 3.55. The Labute approximate surface area is 94.3 Å². The third-order valence-corrected chi connectivity index (χ3v) is 2.50. The van der Waals surface area contributed by atoms with Crippen molar-refractivity contribution in [1.29, 1.82) is 0 Å². The molecule has 1 aromatic heterocycles. The van der Waals surface area contributed by atoms with Gasteiger partial charge in [-0.25, -0.2) is 0 Å². The van der Waals surface area contributed by atoms with Crippen LogP contribution in [0.4, 0.5) is 0 Å². The van der Waals surface area contributed by atoms with Gasteiger partial charge >= 0.3 is 0 Å². The average molecular weight is 213 g/mol. The van der Waals surface area contributed by atoms with Gasteiger partial charge in [0.1, 0.15) is 0 Å². The monoisotopic (exact) mass is 213 g/mol. The van der Waals surface area contributed by atoms with Crippen molar-refractivity contribution in [3.8, 4) is 0 Å². The number of aromatic nitrogens is 1. The van der Waals surface area contributed by atoms with Gasteiger partial charge in [0.2, 0.25) is 0 Å². The molecular weight excluding hydrogens is 198 g/mol. The van der Waals surface area contributed by atoms with Crippen molar-refractivity contribution in [1.82, 2.24) is 17.3 Å². The number of hydrogen-bond acceptors (Lipinski definition) is 3. The Morgan fingerprint density at radius 3 is 2.12 bits per heavy atom. The van der Waals surface area contributed by atoms with E-state index in [0.717, 1.165) is 5.52 Å². The van der Waals surface area contributed by atoms with E-state index >= 15 is 0 Å². The van der Waals surface area contributed by atoms with Gasteiger partial charge in [0.05, 0.1) is 5.52 Å². The van der Waals surface area contributed by atoms with E-state index in [-0.39, 0.29) is 12.3 Å². The SMILES string of the molecule is N.N.c1ccc2c(c1)cnc1ccccc12. The van der Waals surface area contributed by atoms with Gasteiger partial charge in [-0.15, -0.1) is 0 Å². The summed E-state index contributed by atoms with van der Waals surface area (Å²) in [4.78, 5) is 4.41. The summed E-state index contributed by atoms with van der Waals surface area (Å²) in [6.07, 6.45) is 1.93. The van der Waals surface area contributed by atoms with Gasteiger partial charge in [-0.1, -0.05) is 42.5 Å². The van der Waals surface area contributed by atoms with Crippen LogP contribution < -0.4 is 12.3 Å². The summed E-state index contributed by atoms with van der Waals surface area (Å²) in [5.74, 6) is 0. The van der Waals surface area contributed by atoms with E-state index in [0.29, 0.717) is 0 Å². The average Bonchev–Trinajstić information content (AvgIpc) is 2.29. The molecule has 3 nitrogen and oxygen atoms in total. The van der Waals surface area contributed by atoms with Crippen molar-refractivity contribution < 1.29 is 0 Å². The van der Waals surface area contributed by atoms with Crippen molar-refractivity contribution in [2.45, 2.75) is 0 Å². The highest BCUT2D eigenvalue weighted by Gasteiger charge is 1.98. The van der Waals surface area contributed by atoms with Crippen molar-refractivity contribution in [3.63, 3.8) is 0 Å². The number of nitrogens with zero attached hydrogens (tertiary/aromatic N) is 1. The number of pyridine rings is 1. The second-order valence-corrected chi connectivity index (χ2v) is 3.36. The first-order chi connectivity index (χ1) is 6.95. The van der Waals surface area contributed by atoms with Crippen LogP contribution in [0, 0.1) is 0 Å². The molecule has 0 spiro atoms. The molecule has 0 aliphatic rings. The second kappa shape index (κ2) is 4.70. The Hall–Kier alpha value is -1.97. The summed E-state index contributed by atoms with van der Waals surface area (Å²) in [5.41, 5.74) is 1.06. The van der Waals surface area contributed by atoms with Crippen LogP contribution in [0.3, 0.4) is 0 Å². The van der Waals surface area contributed by atoms with Crippen molar-refractivity contribution in [2.24, 2.45) is 0 Å². The number of benzene rings is 2. The number of fused-ring (bicyclic) bond motifs is 3. The fourth-order valence-electron chi connectivity index (χ4n) is 1.81. The molecule has 6 N–H and O–H groups in total. The number of hydrogen-bond donors (Lipinski definition) is 2. The summed E-state index contributed by atoms with van der Waals surface area (Å²) in [5, 5.41) is 3.70. The maximum Gasteiger partial charge on any atom is 0.0708 e. The molecule has 0 amide bonds. The van der Waals surface area contributed by atoms with E-state index in [1.54, 1.807) is 0 Å². The molecule has 3 heteroatoms. The van der Waals surface area contributed by atoms with E-state index in [4.69, 9.17) is 0 Å². The second-order valence-electron chi connectivity index (χ2n) is 3.36. The molecule has 16 heavy (non-hydrogen) atoms. The van der Waals surface area contributed by atoms with Crippen LogP contribution in [0.1, 0.15) is 0 Å². The molecule has 82 valence electrons. The zero-order valence-corrected chi connectivity index (χ0v) is 9.06. The van der Waals surface area contributed by atoms with Crippen molar-refractivity contribution in [2.75, 3.05) is 0 Å². The number of para-hydroxylation sites is 1. The molecule has 2 aromatic carbocycles. The Bertz CT molecular complexity index is 550. The smallest absolute Gasteiger partial charge is 0.0708 e. The maximum atomic E-state index is 4.41. The summed E-state index contributed by atoms with van der Waals surface area (Å²) < 4.78 is 0. The first-order valence-corrected chi connectivity index (χ1v) is 4.68. The molecule has 0 atom stereocenters.